The zero-order valence-corrected chi connectivity index (χ0v) is 12.3. The van der Waals surface area contributed by atoms with Crippen LogP contribution in [0.2, 0.25) is 5.02 Å². The molecule has 0 fully saturated rings. The van der Waals surface area contributed by atoms with Crippen molar-refractivity contribution in [3.05, 3.63) is 64.7 Å². The standard InChI is InChI=1S/C17H19ClO2/c1-20-17-8-7-16(18)11-15(17)10-14(12-19)9-13-5-3-2-4-6-13/h2-8,11,14,19H,9-10,12H2,1H3. The van der Waals surface area contributed by atoms with Gasteiger partial charge in [0, 0.05) is 11.6 Å². The summed E-state index contributed by atoms with van der Waals surface area (Å²) in [5, 5.41) is 10.3. The molecule has 0 heterocycles. The van der Waals surface area contributed by atoms with E-state index in [0.29, 0.717) is 5.02 Å². The SMILES string of the molecule is COc1ccc(Cl)cc1CC(CO)Cc1ccccc1. The minimum absolute atomic E-state index is 0.143. The van der Waals surface area contributed by atoms with E-state index in [2.05, 4.69) is 12.1 Å². The van der Waals surface area contributed by atoms with Crippen LogP contribution in [0.4, 0.5) is 0 Å². The Bertz CT molecular complexity index is 540. The summed E-state index contributed by atoms with van der Waals surface area (Å²) in [5.41, 5.74) is 2.27. The zero-order chi connectivity index (χ0) is 14.4. The molecule has 0 radical (unpaired) electrons. The van der Waals surface area contributed by atoms with E-state index in [4.69, 9.17) is 16.3 Å². The third kappa shape index (κ3) is 3.99. The Hall–Kier alpha value is -1.51. The van der Waals surface area contributed by atoms with E-state index in [1.807, 2.05) is 36.4 Å². The maximum Gasteiger partial charge on any atom is 0.122 e. The predicted molar refractivity (Wildman–Crippen MR) is 82.4 cm³/mol. The van der Waals surface area contributed by atoms with Crippen molar-refractivity contribution >= 4 is 11.6 Å². The number of hydrogen-bond donors (Lipinski definition) is 1. The summed E-state index contributed by atoms with van der Waals surface area (Å²) >= 11 is 6.04. The lowest BCUT2D eigenvalue weighted by molar-refractivity contribution is 0.224. The first-order valence-electron chi connectivity index (χ1n) is 6.70. The van der Waals surface area contributed by atoms with E-state index in [1.165, 1.54) is 5.56 Å². The second-order valence-corrected chi connectivity index (χ2v) is 5.34. The Labute approximate surface area is 125 Å². The molecular weight excluding hydrogens is 272 g/mol. The number of hydrogen-bond acceptors (Lipinski definition) is 2. The summed E-state index contributed by atoms with van der Waals surface area (Å²) in [5.74, 6) is 0.977. The van der Waals surface area contributed by atoms with Crippen LogP contribution in [0, 0.1) is 5.92 Å². The van der Waals surface area contributed by atoms with Crippen molar-refractivity contribution in [2.75, 3.05) is 13.7 Å². The molecule has 0 saturated carbocycles. The fourth-order valence-electron chi connectivity index (χ4n) is 2.37. The van der Waals surface area contributed by atoms with Gasteiger partial charge in [-0.15, -0.1) is 0 Å². The van der Waals surface area contributed by atoms with Gasteiger partial charge in [0.05, 0.1) is 7.11 Å². The molecule has 2 aromatic rings. The van der Waals surface area contributed by atoms with Gasteiger partial charge in [-0.05, 0) is 48.1 Å². The predicted octanol–water partition coefficient (Wildman–Crippen LogP) is 3.74. The van der Waals surface area contributed by atoms with Crippen molar-refractivity contribution in [3.8, 4) is 5.75 Å². The normalized spacial score (nSPS) is 12.2. The van der Waals surface area contributed by atoms with Crippen LogP contribution < -0.4 is 4.74 Å². The monoisotopic (exact) mass is 290 g/mol. The van der Waals surface area contributed by atoms with Crippen molar-refractivity contribution in [1.29, 1.82) is 0 Å². The summed E-state index contributed by atoms with van der Waals surface area (Å²) in [7, 11) is 1.65. The van der Waals surface area contributed by atoms with E-state index >= 15 is 0 Å². The van der Waals surface area contributed by atoms with Gasteiger partial charge >= 0.3 is 0 Å². The van der Waals surface area contributed by atoms with Crippen molar-refractivity contribution in [2.24, 2.45) is 5.92 Å². The van der Waals surface area contributed by atoms with Crippen LogP contribution in [0.25, 0.3) is 0 Å². The number of benzene rings is 2. The average Bonchev–Trinajstić information content (AvgIpc) is 2.48. The molecule has 0 amide bonds. The molecule has 0 saturated heterocycles. The van der Waals surface area contributed by atoms with Crippen LogP contribution >= 0.6 is 11.6 Å². The molecule has 1 atom stereocenters. The summed E-state index contributed by atoms with van der Waals surface area (Å²) in [6.45, 7) is 0.143. The summed E-state index contributed by atoms with van der Waals surface area (Å²) in [6, 6.07) is 15.8. The van der Waals surface area contributed by atoms with Crippen LogP contribution in [-0.4, -0.2) is 18.8 Å². The number of methoxy groups -OCH3 is 1. The Kier molecular flexibility index (Phi) is 5.45. The number of aliphatic hydroxyl groups excluding tert-OH is 1. The molecule has 0 aliphatic carbocycles. The number of ether oxygens (including phenoxy) is 1. The fourth-order valence-corrected chi connectivity index (χ4v) is 2.56. The lowest BCUT2D eigenvalue weighted by atomic mass is 9.93. The van der Waals surface area contributed by atoms with Gasteiger partial charge in [0.15, 0.2) is 0 Å². The first-order valence-corrected chi connectivity index (χ1v) is 7.08. The third-order valence-corrected chi connectivity index (χ3v) is 3.61. The second-order valence-electron chi connectivity index (χ2n) is 4.90. The van der Waals surface area contributed by atoms with Crippen LogP contribution in [0.5, 0.6) is 5.75 Å². The highest BCUT2D eigenvalue weighted by Gasteiger charge is 2.13. The van der Waals surface area contributed by atoms with Gasteiger partial charge in [-0.2, -0.15) is 0 Å². The molecule has 0 aliphatic heterocycles. The molecule has 1 N–H and O–H groups in total. The highest BCUT2D eigenvalue weighted by Crippen LogP contribution is 2.26. The van der Waals surface area contributed by atoms with Crippen LogP contribution in [0.15, 0.2) is 48.5 Å². The number of halogens is 1. The summed E-state index contributed by atoms with van der Waals surface area (Å²) in [4.78, 5) is 0. The Balaban J connectivity index is 2.12. The molecule has 106 valence electrons. The maximum atomic E-state index is 9.61. The van der Waals surface area contributed by atoms with Crippen molar-refractivity contribution in [1.82, 2.24) is 0 Å². The lowest BCUT2D eigenvalue weighted by Gasteiger charge is -2.16. The van der Waals surface area contributed by atoms with Gasteiger partial charge < -0.3 is 9.84 Å². The van der Waals surface area contributed by atoms with E-state index in [1.54, 1.807) is 7.11 Å². The van der Waals surface area contributed by atoms with Gasteiger partial charge in [-0.25, -0.2) is 0 Å². The smallest absolute Gasteiger partial charge is 0.122 e. The van der Waals surface area contributed by atoms with Crippen LogP contribution in [0.3, 0.4) is 0 Å². The summed E-state index contributed by atoms with van der Waals surface area (Å²) in [6.07, 6.45) is 1.59. The highest BCUT2D eigenvalue weighted by atomic mass is 35.5. The largest absolute Gasteiger partial charge is 0.496 e. The van der Waals surface area contributed by atoms with E-state index in [-0.39, 0.29) is 12.5 Å². The molecule has 2 aromatic carbocycles. The Morgan fingerprint density at radius 2 is 1.85 bits per heavy atom. The van der Waals surface area contributed by atoms with Crippen LogP contribution in [0.1, 0.15) is 11.1 Å². The molecule has 0 aliphatic rings. The molecule has 3 heteroatoms. The molecule has 0 spiro atoms. The highest BCUT2D eigenvalue weighted by molar-refractivity contribution is 6.30. The third-order valence-electron chi connectivity index (χ3n) is 3.38. The van der Waals surface area contributed by atoms with Gasteiger partial charge in [0.2, 0.25) is 0 Å². The molecule has 20 heavy (non-hydrogen) atoms. The molecule has 2 rings (SSSR count). The molecule has 0 aromatic heterocycles. The van der Waals surface area contributed by atoms with Gasteiger partial charge in [0.25, 0.3) is 0 Å². The topological polar surface area (TPSA) is 29.5 Å². The number of aliphatic hydroxyl groups is 1. The van der Waals surface area contributed by atoms with E-state index < -0.39 is 0 Å². The number of rotatable bonds is 6. The first-order chi connectivity index (χ1) is 9.72. The lowest BCUT2D eigenvalue weighted by Crippen LogP contribution is -2.13. The maximum absolute atomic E-state index is 9.61. The minimum atomic E-state index is 0.143. The Morgan fingerprint density at radius 3 is 2.50 bits per heavy atom. The van der Waals surface area contributed by atoms with E-state index in [0.717, 1.165) is 24.2 Å². The summed E-state index contributed by atoms with van der Waals surface area (Å²) < 4.78 is 5.36. The Morgan fingerprint density at radius 1 is 1.10 bits per heavy atom. The van der Waals surface area contributed by atoms with Crippen molar-refractivity contribution in [3.63, 3.8) is 0 Å². The van der Waals surface area contributed by atoms with E-state index in [9.17, 15) is 5.11 Å². The molecular formula is C17H19ClO2. The van der Waals surface area contributed by atoms with Gasteiger partial charge in [-0.3, -0.25) is 0 Å². The van der Waals surface area contributed by atoms with Crippen molar-refractivity contribution < 1.29 is 9.84 Å². The van der Waals surface area contributed by atoms with Gasteiger partial charge in [-0.1, -0.05) is 41.9 Å². The van der Waals surface area contributed by atoms with Crippen molar-refractivity contribution in [2.45, 2.75) is 12.8 Å². The zero-order valence-electron chi connectivity index (χ0n) is 11.6. The first kappa shape index (κ1) is 14.9. The van der Waals surface area contributed by atoms with Gasteiger partial charge in [0.1, 0.15) is 5.75 Å². The quantitative estimate of drug-likeness (QED) is 0.878. The molecule has 0 bridgehead atoms. The fraction of sp³-hybridized carbons (Fsp3) is 0.294. The molecule has 2 nitrogen and oxygen atoms in total. The minimum Gasteiger partial charge on any atom is -0.496 e. The second kappa shape index (κ2) is 7.32. The molecule has 1 unspecified atom stereocenters. The van der Waals surface area contributed by atoms with Crippen LogP contribution in [-0.2, 0) is 12.8 Å². The average molecular weight is 291 g/mol.